The van der Waals surface area contributed by atoms with Gasteiger partial charge >= 0.3 is 0 Å². The molecule has 2 aliphatic rings. The van der Waals surface area contributed by atoms with Gasteiger partial charge in [-0.1, -0.05) is 18.2 Å². The highest BCUT2D eigenvalue weighted by molar-refractivity contribution is 5.98. The number of carbonyl (C=O) groups excluding carboxylic acids is 1. The molecule has 5 nitrogen and oxygen atoms in total. The molecule has 0 saturated carbocycles. The van der Waals surface area contributed by atoms with Crippen LogP contribution in [0.2, 0.25) is 0 Å². The van der Waals surface area contributed by atoms with E-state index in [-0.39, 0.29) is 23.8 Å². The lowest BCUT2D eigenvalue weighted by Gasteiger charge is -2.38. The van der Waals surface area contributed by atoms with E-state index in [0.717, 1.165) is 24.3 Å². The van der Waals surface area contributed by atoms with Crippen molar-refractivity contribution in [2.24, 2.45) is 5.92 Å². The molecule has 2 N–H and O–H groups in total. The first-order valence-corrected chi connectivity index (χ1v) is 9.67. The summed E-state index contributed by atoms with van der Waals surface area (Å²) in [7, 11) is 1.65. The number of piperidine rings is 1. The minimum Gasteiger partial charge on any atom is -0.497 e. The maximum Gasteiger partial charge on any atom is 0.252 e. The third kappa shape index (κ3) is 3.69. The Bertz CT molecular complexity index is 840. The molecule has 2 heterocycles. The molecular formula is C22H25FN2O3. The monoisotopic (exact) mass is 384 g/mol. The highest BCUT2D eigenvalue weighted by Crippen LogP contribution is 2.35. The number of carbonyl (C=O) groups is 1. The number of hydrogen-bond acceptors (Lipinski definition) is 4. The van der Waals surface area contributed by atoms with Crippen LogP contribution in [0, 0.1) is 5.92 Å². The molecule has 0 radical (unpaired) electrons. The molecule has 2 aliphatic heterocycles. The summed E-state index contributed by atoms with van der Waals surface area (Å²) in [5.74, 6) is 1.58. The Morgan fingerprint density at radius 2 is 1.93 bits per heavy atom. The van der Waals surface area contributed by atoms with E-state index in [1.165, 1.54) is 5.56 Å². The van der Waals surface area contributed by atoms with Crippen LogP contribution in [-0.2, 0) is 6.54 Å². The molecule has 0 aliphatic carbocycles. The Morgan fingerprint density at radius 1 is 1.14 bits per heavy atom. The van der Waals surface area contributed by atoms with Crippen LogP contribution in [0.3, 0.4) is 0 Å². The van der Waals surface area contributed by atoms with Crippen LogP contribution in [0.15, 0.2) is 42.5 Å². The molecule has 1 saturated heterocycles. The van der Waals surface area contributed by atoms with Crippen molar-refractivity contribution in [1.29, 1.82) is 0 Å². The third-order valence-corrected chi connectivity index (χ3v) is 5.81. The molecule has 4 rings (SSSR count). The molecule has 6 heteroatoms. The van der Waals surface area contributed by atoms with E-state index in [0.29, 0.717) is 24.5 Å². The molecule has 1 amide bonds. The van der Waals surface area contributed by atoms with Crippen LogP contribution in [0.4, 0.5) is 4.39 Å². The lowest BCUT2D eigenvalue weighted by atomic mass is 9.77. The summed E-state index contributed by atoms with van der Waals surface area (Å²) in [5, 5.41) is 6.09. The van der Waals surface area contributed by atoms with E-state index in [1.54, 1.807) is 13.2 Å². The Labute approximate surface area is 164 Å². The molecule has 2 aromatic carbocycles. The molecule has 0 bridgehead atoms. The summed E-state index contributed by atoms with van der Waals surface area (Å²) in [6.07, 6.45) is 0.920. The zero-order valence-electron chi connectivity index (χ0n) is 15.9. The van der Waals surface area contributed by atoms with Gasteiger partial charge in [-0.15, -0.1) is 0 Å². The first-order chi connectivity index (χ1) is 13.7. The van der Waals surface area contributed by atoms with Crippen LogP contribution in [0.1, 0.15) is 33.8 Å². The molecule has 0 spiro atoms. The smallest absolute Gasteiger partial charge is 0.252 e. The molecule has 148 valence electrons. The molecule has 3 atom stereocenters. The van der Waals surface area contributed by atoms with Gasteiger partial charge in [-0.2, -0.15) is 0 Å². The summed E-state index contributed by atoms with van der Waals surface area (Å²) < 4.78 is 25.0. The maximum atomic E-state index is 13.7. The Balaban J connectivity index is 1.52. The fourth-order valence-electron chi connectivity index (χ4n) is 4.21. The highest BCUT2D eigenvalue weighted by Gasteiger charge is 2.35. The second-order valence-corrected chi connectivity index (χ2v) is 7.36. The summed E-state index contributed by atoms with van der Waals surface area (Å²) in [5.41, 5.74) is 2.81. The van der Waals surface area contributed by atoms with Crippen LogP contribution >= 0.6 is 0 Å². The first kappa shape index (κ1) is 18.7. The van der Waals surface area contributed by atoms with Gasteiger partial charge in [-0.05, 0) is 54.3 Å². The third-order valence-electron chi connectivity index (χ3n) is 5.81. The van der Waals surface area contributed by atoms with Gasteiger partial charge in [-0.25, -0.2) is 4.39 Å². The number of ether oxygens (including phenoxy) is 2. The average molecular weight is 384 g/mol. The normalized spacial score (nSPS) is 23.8. The van der Waals surface area contributed by atoms with Crippen molar-refractivity contribution in [3.63, 3.8) is 0 Å². The number of fused-ring (bicyclic) bond motifs is 1. The zero-order chi connectivity index (χ0) is 19.5. The van der Waals surface area contributed by atoms with Gasteiger partial charge in [0.1, 0.15) is 18.2 Å². The minimum absolute atomic E-state index is 0.00535. The van der Waals surface area contributed by atoms with E-state index in [2.05, 4.69) is 22.8 Å². The van der Waals surface area contributed by atoms with Crippen molar-refractivity contribution in [1.82, 2.24) is 10.6 Å². The van der Waals surface area contributed by atoms with E-state index in [9.17, 15) is 9.18 Å². The minimum atomic E-state index is -0.437. The Hall–Kier alpha value is -2.60. The number of rotatable bonds is 6. The van der Waals surface area contributed by atoms with Crippen LogP contribution in [0.5, 0.6) is 11.5 Å². The standard InChI is InChI=1S/C22H25FN2O3/c1-27-16-5-2-14(3-6-16)18-8-9-24-21(11-23)20(18)13-28-17-7-4-15-12-25-22(26)19(15)10-17/h2-7,10,18,20-21,24H,8-9,11-13H2,1H3,(H,25,26). The van der Waals surface area contributed by atoms with Crippen molar-refractivity contribution >= 4 is 5.91 Å². The summed E-state index contributed by atoms with van der Waals surface area (Å²) in [6, 6.07) is 13.3. The maximum absolute atomic E-state index is 13.7. The molecule has 0 aromatic heterocycles. The van der Waals surface area contributed by atoms with Crippen molar-refractivity contribution in [3.8, 4) is 11.5 Å². The number of nitrogens with one attached hydrogen (secondary N) is 2. The number of hydrogen-bond donors (Lipinski definition) is 2. The number of halogens is 1. The van der Waals surface area contributed by atoms with Gasteiger partial charge in [0.15, 0.2) is 0 Å². The van der Waals surface area contributed by atoms with E-state index >= 15 is 0 Å². The fourth-order valence-corrected chi connectivity index (χ4v) is 4.21. The van der Waals surface area contributed by atoms with Crippen molar-refractivity contribution in [2.45, 2.75) is 24.9 Å². The molecule has 2 aromatic rings. The van der Waals surface area contributed by atoms with Crippen LogP contribution < -0.4 is 20.1 Å². The highest BCUT2D eigenvalue weighted by atomic mass is 19.1. The molecule has 1 fully saturated rings. The number of alkyl halides is 1. The zero-order valence-corrected chi connectivity index (χ0v) is 15.9. The number of methoxy groups -OCH3 is 1. The van der Waals surface area contributed by atoms with E-state index in [4.69, 9.17) is 9.47 Å². The fraction of sp³-hybridized carbons (Fsp3) is 0.409. The van der Waals surface area contributed by atoms with Gasteiger partial charge in [0.25, 0.3) is 5.91 Å². The number of benzene rings is 2. The summed E-state index contributed by atoms with van der Waals surface area (Å²) in [6.45, 7) is 1.29. The van der Waals surface area contributed by atoms with Crippen molar-refractivity contribution in [3.05, 3.63) is 59.2 Å². The lowest BCUT2D eigenvalue weighted by Crippen LogP contribution is -2.48. The molecule has 3 unspecified atom stereocenters. The van der Waals surface area contributed by atoms with Gasteiger partial charge < -0.3 is 20.1 Å². The quantitative estimate of drug-likeness (QED) is 0.804. The lowest BCUT2D eigenvalue weighted by molar-refractivity contribution is 0.0965. The van der Waals surface area contributed by atoms with Crippen molar-refractivity contribution in [2.75, 3.05) is 26.9 Å². The van der Waals surface area contributed by atoms with Crippen LogP contribution in [-0.4, -0.2) is 38.9 Å². The van der Waals surface area contributed by atoms with Gasteiger partial charge in [0, 0.05) is 24.1 Å². The van der Waals surface area contributed by atoms with Crippen molar-refractivity contribution < 1.29 is 18.7 Å². The van der Waals surface area contributed by atoms with Gasteiger partial charge in [0.2, 0.25) is 0 Å². The Morgan fingerprint density at radius 3 is 2.68 bits per heavy atom. The second-order valence-electron chi connectivity index (χ2n) is 7.36. The molecule has 28 heavy (non-hydrogen) atoms. The van der Waals surface area contributed by atoms with Crippen LogP contribution in [0.25, 0.3) is 0 Å². The predicted molar refractivity (Wildman–Crippen MR) is 105 cm³/mol. The summed E-state index contributed by atoms with van der Waals surface area (Å²) in [4.78, 5) is 11.9. The SMILES string of the molecule is COc1ccc(C2CCNC(CF)C2COc2ccc3c(c2)C(=O)NC3)cc1. The Kier molecular flexibility index (Phi) is 5.48. The average Bonchev–Trinajstić information content (AvgIpc) is 3.12. The summed E-state index contributed by atoms with van der Waals surface area (Å²) >= 11 is 0. The first-order valence-electron chi connectivity index (χ1n) is 9.67. The number of amides is 1. The van der Waals surface area contributed by atoms with Gasteiger partial charge in [0.05, 0.1) is 13.7 Å². The second kappa shape index (κ2) is 8.19. The van der Waals surface area contributed by atoms with Gasteiger partial charge in [-0.3, -0.25) is 4.79 Å². The largest absolute Gasteiger partial charge is 0.497 e. The van der Waals surface area contributed by atoms with E-state index in [1.807, 2.05) is 24.3 Å². The molecular weight excluding hydrogens is 359 g/mol. The predicted octanol–water partition coefficient (Wildman–Crippen LogP) is 3.05. The topological polar surface area (TPSA) is 59.6 Å². The van der Waals surface area contributed by atoms with E-state index < -0.39 is 6.67 Å².